The Morgan fingerprint density at radius 2 is 1.44 bits per heavy atom. The van der Waals surface area contributed by atoms with Gasteiger partial charge in [0.1, 0.15) is 0 Å². The van der Waals surface area contributed by atoms with E-state index in [0.717, 1.165) is 22.6 Å². The molecule has 0 aliphatic rings. The van der Waals surface area contributed by atoms with Crippen molar-refractivity contribution in [3.05, 3.63) is 90.0 Å². The van der Waals surface area contributed by atoms with E-state index in [-0.39, 0.29) is 5.91 Å². The Kier molecular flexibility index (Phi) is 5.77. The smallest absolute Gasteiger partial charge is 0.256 e. The van der Waals surface area contributed by atoms with Gasteiger partial charge in [-0.3, -0.25) is 4.79 Å². The summed E-state index contributed by atoms with van der Waals surface area (Å²) in [5.74, 6) is -0.00860. The number of carbonyl (C=O) groups is 1. The third-order valence-corrected chi connectivity index (χ3v) is 4.43. The van der Waals surface area contributed by atoms with E-state index in [1.54, 1.807) is 4.90 Å². The summed E-state index contributed by atoms with van der Waals surface area (Å²) in [5.41, 5.74) is 4.67. The zero-order valence-electron chi connectivity index (χ0n) is 16.0. The van der Waals surface area contributed by atoms with Crippen LogP contribution in [0.2, 0.25) is 0 Å². The second-order valence-corrected chi connectivity index (χ2v) is 6.76. The van der Waals surface area contributed by atoms with Gasteiger partial charge in [0.25, 0.3) is 5.91 Å². The molecule has 4 heteroatoms. The molecule has 0 unspecified atom stereocenters. The van der Waals surface area contributed by atoms with Gasteiger partial charge in [-0.15, -0.1) is 0 Å². The lowest BCUT2D eigenvalue weighted by atomic mass is 10.1. The van der Waals surface area contributed by atoms with Crippen molar-refractivity contribution in [2.24, 2.45) is 0 Å². The van der Waals surface area contributed by atoms with E-state index < -0.39 is 0 Å². The molecular formula is C23H25N3O. The van der Waals surface area contributed by atoms with Gasteiger partial charge in [-0.05, 0) is 42.0 Å². The van der Waals surface area contributed by atoms with Crippen molar-refractivity contribution in [1.29, 1.82) is 0 Å². The number of nitrogens with zero attached hydrogens (tertiary/aromatic N) is 2. The molecule has 0 saturated heterocycles. The predicted octanol–water partition coefficient (Wildman–Crippen LogP) is 4.77. The van der Waals surface area contributed by atoms with Gasteiger partial charge in [0.2, 0.25) is 0 Å². The van der Waals surface area contributed by atoms with E-state index in [0.29, 0.717) is 12.1 Å². The highest BCUT2D eigenvalue weighted by atomic mass is 16.2. The number of para-hydroxylation sites is 2. The summed E-state index contributed by atoms with van der Waals surface area (Å²) in [4.78, 5) is 16.8. The third-order valence-electron chi connectivity index (χ3n) is 4.43. The highest BCUT2D eigenvalue weighted by Gasteiger charge is 2.16. The van der Waals surface area contributed by atoms with Gasteiger partial charge in [0.05, 0.1) is 11.3 Å². The van der Waals surface area contributed by atoms with E-state index in [4.69, 9.17) is 0 Å². The zero-order valence-corrected chi connectivity index (χ0v) is 16.0. The van der Waals surface area contributed by atoms with Crippen LogP contribution in [0.1, 0.15) is 15.9 Å². The van der Waals surface area contributed by atoms with Crippen LogP contribution in [0.25, 0.3) is 0 Å². The lowest BCUT2D eigenvalue weighted by Gasteiger charge is -2.20. The number of amides is 1. The Morgan fingerprint density at radius 1 is 0.815 bits per heavy atom. The molecule has 0 aliphatic carbocycles. The molecule has 0 spiro atoms. The molecular weight excluding hydrogens is 334 g/mol. The normalized spacial score (nSPS) is 10.3. The molecule has 1 N–H and O–H groups in total. The fourth-order valence-corrected chi connectivity index (χ4v) is 2.91. The Balaban J connectivity index is 1.75. The minimum Gasteiger partial charge on any atom is -0.378 e. The van der Waals surface area contributed by atoms with E-state index in [1.807, 2.05) is 75.7 Å². The Labute approximate surface area is 161 Å². The molecule has 0 fully saturated rings. The van der Waals surface area contributed by atoms with Crippen molar-refractivity contribution in [2.45, 2.75) is 6.54 Å². The van der Waals surface area contributed by atoms with Crippen molar-refractivity contribution in [1.82, 2.24) is 4.90 Å². The van der Waals surface area contributed by atoms with Gasteiger partial charge in [-0.25, -0.2) is 0 Å². The second kappa shape index (κ2) is 8.41. The largest absolute Gasteiger partial charge is 0.378 e. The quantitative estimate of drug-likeness (QED) is 0.689. The van der Waals surface area contributed by atoms with Crippen LogP contribution >= 0.6 is 0 Å². The molecule has 3 aromatic carbocycles. The summed E-state index contributed by atoms with van der Waals surface area (Å²) in [5, 5.41) is 3.34. The van der Waals surface area contributed by atoms with Crippen LogP contribution in [-0.4, -0.2) is 32.0 Å². The molecule has 0 aliphatic heterocycles. The maximum Gasteiger partial charge on any atom is 0.256 e. The molecule has 0 radical (unpaired) electrons. The first-order chi connectivity index (χ1) is 13.0. The molecule has 27 heavy (non-hydrogen) atoms. The first-order valence-electron chi connectivity index (χ1n) is 8.97. The summed E-state index contributed by atoms with van der Waals surface area (Å²) < 4.78 is 0. The number of nitrogens with one attached hydrogen (secondary N) is 1. The molecule has 0 aromatic heterocycles. The lowest BCUT2D eigenvalue weighted by molar-refractivity contribution is 0.0786. The number of rotatable bonds is 6. The third kappa shape index (κ3) is 4.67. The average Bonchev–Trinajstić information content (AvgIpc) is 2.69. The van der Waals surface area contributed by atoms with Crippen molar-refractivity contribution in [3.63, 3.8) is 0 Å². The topological polar surface area (TPSA) is 35.6 Å². The summed E-state index contributed by atoms with van der Waals surface area (Å²) in [6.07, 6.45) is 0. The van der Waals surface area contributed by atoms with E-state index >= 15 is 0 Å². The van der Waals surface area contributed by atoms with Crippen LogP contribution in [0.4, 0.5) is 17.1 Å². The van der Waals surface area contributed by atoms with Crippen molar-refractivity contribution >= 4 is 23.0 Å². The Bertz CT molecular complexity index is 889. The number of carbonyl (C=O) groups excluding carboxylic acids is 1. The molecule has 4 nitrogen and oxygen atoms in total. The Morgan fingerprint density at radius 3 is 2.11 bits per heavy atom. The van der Waals surface area contributed by atoms with Crippen LogP contribution in [0, 0.1) is 0 Å². The molecule has 0 heterocycles. The van der Waals surface area contributed by atoms with Gasteiger partial charge in [-0.2, -0.15) is 0 Å². The van der Waals surface area contributed by atoms with E-state index in [2.05, 4.69) is 34.5 Å². The van der Waals surface area contributed by atoms with Crippen LogP contribution in [0.5, 0.6) is 0 Å². The molecule has 3 aromatic rings. The molecule has 138 valence electrons. The fourth-order valence-electron chi connectivity index (χ4n) is 2.91. The number of benzene rings is 3. The van der Waals surface area contributed by atoms with Crippen molar-refractivity contribution in [3.8, 4) is 0 Å². The number of anilines is 3. The van der Waals surface area contributed by atoms with Crippen LogP contribution in [0.15, 0.2) is 78.9 Å². The Hall–Kier alpha value is -3.27. The summed E-state index contributed by atoms with van der Waals surface area (Å²) in [6.45, 7) is 0.562. The van der Waals surface area contributed by atoms with Gasteiger partial charge in [-0.1, -0.05) is 42.5 Å². The highest BCUT2D eigenvalue weighted by Crippen LogP contribution is 2.22. The number of hydrogen-bond donors (Lipinski definition) is 1. The molecule has 1 amide bonds. The summed E-state index contributed by atoms with van der Waals surface area (Å²) >= 11 is 0. The molecule has 3 rings (SSSR count). The maximum absolute atomic E-state index is 13.0. The standard InChI is InChI=1S/C23H25N3O/c1-25(2)20-15-13-18(14-16-20)17-26(3)23(27)21-11-7-8-12-22(21)24-19-9-5-4-6-10-19/h4-16,24H,17H2,1-3H3. The fraction of sp³-hybridized carbons (Fsp3) is 0.174. The van der Waals surface area contributed by atoms with Gasteiger partial charge < -0.3 is 15.1 Å². The van der Waals surface area contributed by atoms with Crippen LogP contribution in [-0.2, 0) is 6.54 Å². The first kappa shape index (κ1) is 18.5. The minimum atomic E-state index is -0.00860. The zero-order chi connectivity index (χ0) is 19.2. The molecule has 0 bridgehead atoms. The summed E-state index contributed by atoms with van der Waals surface area (Å²) in [6, 6.07) is 25.8. The van der Waals surface area contributed by atoms with Crippen LogP contribution < -0.4 is 10.2 Å². The van der Waals surface area contributed by atoms with Gasteiger partial charge >= 0.3 is 0 Å². The van der Waals surface area contributed by atoms with Crippen LogP contribution in [0.3, 0.4) is 0 Å². The first-order valence-corrected chi connectivity index (χ1v) is 8.97. The molecule has 0 saturated carbocycles. The highest BCUT2D eigenvalue weighted by molar-refractivity contribution is 6.00. The number of hydrogen-bond acceptors (Lipinski definition) is 3. The minimum absolute atomic E-state index is 0.00860. The second-order valence-electron chi connectivity index (χ2n) is 6.76. The summed E-state index contributed by atoms with van der Waals surface area (Å²) in [7, 11) is 5.87. The van der Waals surface area contributed by atoms with Crippen molar-refractivity contribution < 1.29 is 4.79 Å². The maximum atomic E-state index is 13.0. The van der Waals surface area contributed by atoms with Gasteiger partial charge in [0.15, 0.2) is 0 Å². The van der Waals surface area contributed by atoms with Crippen molar-refractivity contribution in [2.75, 3.05) is 31.4 Å². The lowest BCUT2D eigenvalue weighted by Crippen LogP contribution is -2.26. The average molecular weight is 359 g/mol. The van der Waals surface area contributed by atoms with E-state index in [9.17, 15) is 4.79 Å². The monoisotopic (exact) mass is 359 g/mol. The SMILES string of the molecule is CN(Cc1ccc(N(C)C)cc1)C(=O)c1ccccc1Nc1ccccc1. The molecule has 0 atom stereocenters. The van der Waals surface area contributed by atoms with Gasteiger partial charge in [0, 0.05) is 39.1 Å². The van der Waals surface area contributed by atoms with E-state index in [1.165, 1.54) is 0 Å². The predicted molar refractivity (Wildman–Crippen MR) is 113 cm³/mol.